The highest BCUT2D eigenvalue weighted by atomic mass is 79.9. The summed E-state index contributed by atoms with van der Waals surface area (Å²) in [6.07, 6.45) is 1.19. The smallest absolute Gasteiger partial charge is 0.0684 e. The Labute approximate surface area is 85.9 Å². The van der Waals surface area contributed by atoms with Gasteiger partial charge < -0.3 is 5.11 Å². The number of aryl methyl sites for hydroxylation is 1. The van der Waals surface area contributed by atoms with Crippen LogP contribution in [0.3, 0.4) is 0 Å². The third-order valence-electron chi connectivity index (χ3n) is 1.84. The van der Waals surface area contributed by atoms with Gasteiger partial charge in [0.25, 0.3) is 0 Å². The lowest BCUT2D eigenvalue weighted by molar-refractivity contribution is 0.280. The van der Waals surface area contributed by atoms with Crippen molar-refractivity contribution in [2.24, 2.45) is 0 Å². The zero-order valence-electron chi connectivity index (χ0n) is 7.13. The molecule has 0 aromatic heterocycles. The Morgan fingerprint density at radius 3 is 2.77 bits per heavy atom. The topological polar surface area (TPSA) is 44.0 Å². The van der Waals surface area contributed by atoms with Gasteiger partial charge in [0, 0.05) is 10.9 Å². The van der Waals surface area contributed by atoms with Crippen molar-refractivity contribution in [3.8, 4) is 6.07 Å². The predicted molar refractivity (Wildman–Crippen MR) is 54.0 cm³/mol. The summed E-state index contributed by atoms with van der Waals surface area (Å²) in [5.74, 6) is 0. The van der Waals surface area contributed by atoms with Gasteiger partial charge in [-0.05, 0) is 29.7 Å². The third-order valence-corrected chi connectivity index (χ3v) is 2.34. The molecule has 0 unspecified atom stereocenters. The first-order valence-electron chi connectivity index (χ1n) is 4.03. The van der Waals surface area contributed by atoms with E-state index in [9.17, 15) is 0 Å². The Hall–Kier alpha value is -0.850. The van der Waals surface area contributed by atoms with E-state index in [1.165, 1.54) is 0 Å². The lowest BCUT2D eigenvalue weighted by atomic mass is 10.0. The maximum atomic E-state index is 9.01. The summed E-state index contributed by atoms with van der Waals surface area (Å²) < 4.78 is 0.984. The van der Waals surface area contributed by atoms with Crippen LogP contribution in [0.25, 0.3) is 0 Å². The summed E-state index contributed by atoms with van der Waals surface area (Å²) in [5, 5.41) is 17.4. The Kier molecular flexibility index (Phi) is 3.94. The van der Waals surface area contributed by atoms with Crippen molar-refractivity contribution in [2.75, 3.05) is 0 Å². The molecule has 68 valence electrons. The molecule has 0 heterocycles. The van der Waals surface area contributed by atoms with Crippen LogP contribution in [0.1, 0.15) is 17.5 Å². The number of halogens is 1. The van der Waals surface area contributed by atoms with Crippen molar-refractivity contribution >= 4 is 15.9 Å². The molecular formula is C10H10BrNO. The van der Waals surface area contributed by atoms with Gasteiger partial charge in [0.1, 0.15) is 0 Å². The number of rotatable bonds is 3. The second-order valence-electron chi connectivity index (χ2n) is 2.73. The molecule has 0 aliphatic carbocycles. The molecule has 0 radical (unpaired) electrons. The molecule has 0 spiro atoms. The molecule has 0 amide bonds. The van der Waals surface area contributed by atoms with Crippen LogP contribution in [0, 0.1) is 11.3 Å². The summed E-state index contributed by atoms with van der Waals surface area (Å²) >= 11 is 3.35. The molecule has 3 heteroatoms. The summed E-state index contributed by atoms with van der Waals surface area (Å²) in [4.78, 5) is 0. The molecule has 1 rings (SSSR count). The number of aliphatic hydroxyl groups is 1. The van der Waals surface area contributed by atoms with Gasteiger partial charge in [-0.3, -0.25) is 0 Å². The molecular weight excluding hydrogens is 230 g/mol. The second-order valence-corrected chi connectivity index (χ2v) is 3.64. The molecule has 0 aliphatic rings. The van der Waals surface area contributed by atoms with E-state index < -0.39 is 0 Å². The fourth-order valence-electron chi connectivity index (χ4n) is 1.17. The number of nitrogens with zero attached hydrogens (tertiary/aromatic N) is 1. The summed E-state index contributed by atoms with van der Waals surface area (Å²) in [7, 11) is 0. The van der Waals surface area contributed by atoms with E-state index in [1.54, 1.807) is 0 Å². The Morgan fingerprint density at radius 1 is 1.38 bits per heavy atom. The first-order valence-corrected chi connectivity index (χ1v) is 4.82. The molecule has 2 nitrogen and oxygen atoms in total. The molecule has 0 saturated heterocycles. The molecule has 0 fully saturated rings. The second kappa shape index (κ2) is 5.00. The minimum absolute atomic E-state index is 0.0358. The van der Waals surface area contributed by atoms with Crippen LogP contribution in [0.2, 0.25) is 0 Å². The van der Waals surface area contributed by atoms with Gasteiger partial charge in [0.05, 0.1) is 12.7 Å². The standard InChI is InChI=1S/C10H10BrNO/c11-10-4-3-9(7-13)8(6-10)2-1-5-12/h3-4,6,13H,1-2,7H2. The van der Waals surface area contributed by atoms with E-state index in [2.05, 4.69) is 22.0 Å². The highest BCUT2D eigenvalue weighted by molar-refractivity contribution is 9.10. The zero-order chi connectivity index (χ0) is 9.68. The van der Waals surface area contributed by atoms with E-state index in [4.69, 9.17) is 10.4 Å². The Morgan fingerprint density at radius 2 is 2.15 bits per heavy atom. The van der Waals surface area contributed by atoms with Crippen LogP contribution in [0.5, 0.6) is 0 Å². The highest BCUT2D eigenvalue weighted by Crippen LogP contribution is 2.18. The van der Waals surface area contributed by atoms with E-state index in [0.717, 1.165) is 15.6 Å². The van der Waals surface area contributed by atoms with Gasteiger partial charge in [-0.15, -0.1) is 0 Å². The van der Waals surface area contributed by atoms with E-state index in [-0.39, 0.29) is 6.61 Å². The number of hydrogen-bond acceptors (Lipinski definition) is 2. The average molecular weight is 240 g/mol. The SMILES string of the molecule is N#CCCc1cc(Br)ccc1CO. The van der Waals surface area contributed by atoms with E-state index in [1.807, 2.05) is 18.2 Å². The van der Waals surface area contributed by atoms with Crippen molar-refractivity contribution in [3.05, 3.63) is 33.8 Å². The van der Waals surface area contributed by atoms with Crippen molar-refractivity contribution in [3.63, 3.8) is 0 Å². The Balaban J connectivity index is 2.89. The first-order chi connectivity index (χ1) is 6.27. The van der Waals surface area contributed by atoms with Crippen LogP contribution in [-0.4, -0.2) is 5.11 Å². The van der Waals surface area contributed by atoms with Crippen molar-refractivity contribution in [1.82, 2.24) is 0 Å². The molecule has 0 saturated carbocycles. The molecule has 1 aromatic carbocycles. The molecule has 0 aliphatic heterocycles. The van der Waals surface area contributed by atoms with Crippen molar-refractivity contribution in [2.45, 2.75) is 19.4 Å². The number of aliphatic hydroxyl groups excluding tert-OH is 1. The van der Waals surface area contributed by atoms with Gasteiger partial charge in [0.2, 0.25) is 0 Å². The van der Waals surface area contributed by atoms with Crippen LogP contribution in [-0.2, 0) is 13.0 Å². The van der Waals surface area contributed by atoms with Gasteiger partial charge >= 0.3 is 0 Å². The van der Waals surface area contributed by atoms with Gasteiger partial charge in [-0.25, -0.2) is 0 Å². The summed E-state index contributed by atoms with van der Waals surface area (Å²) in [5.41, 5.74) is 1.94. The van der Waals surface area contributed by atoms with Gasteiger partial charge in [-0.2, -0.15) is 5.26 Å². The van der Waals surface area contributed by atoms with Gasteiger partial charge in [0.15, 0.2) is 0 Å². The van der Waals surface area contributed by atoms with Crippen molar-refractivity contribution in [1.29, 1.82) is 5.26 Å². The largest absolute Gasteiger partial charge is 0.392 e. The number of nitriles is 1. The molecule has 0 atom stereocenters. The molecule has 1 N–H and O–H groups in total. The maximum Gasteiger partial charge on any atom is 0.0684 e. The fourth-order valence-corrected chi connectivity index (χ4v) is 1.58. The van der Waals surface area contributed by atoms with Crippen molar-refractivity contribution < 1.29 is 5.11 Å². The van der Waals surface area contributed by atoms with E-state index >= 15 is 0 Å². The van der Waals surface area contributed by atoms with Crippen LogP contribution in [0.15, 0.2) is 22.7 Å². The predicted octanol–water partition coefficient (Wildman–Crippen LogP) is 2.40. The maximum absolute atomic E-state index is 9.01. The average Bonchev–Trinajstić information content (AvgIpc) is 2.15. The lowest BCUT2D eigenvalue weighted by Gasteiger charge is -2.05. The lowest BCUT2D eigenvalue weighted by Crippen LogP contribution is -1.93. The normalized spacial score (nSPS) is 9.62. The number of benzene rings is 1. The summed E-state index contributed by atoms with van der Waals surface area (Å²) in [6, 6.07) is 7.80. The molecule has 1 aromatic rings. The summed E-state index contributed by atoms with van der Waals surface area (Å²) in [6.45, 7) is 0.0358. The van der Waals surface area contributed by atoms with E-state index in [0.29, 0.717) is 12.8 Å². The fraction of sp³-hybridized carbons (Fsp3) is 0.300. The minimum Gasteiger partial charge on any atom is -0.392 e. The first kappa shape index (κ1) is 10.2. The highest BCUT2D eigenvalue weighted by Gasteiger charge is 2.01. The molecule has 13 heavy (non-hydrogen) atoms. The van der Waals surface area contributed by atoms with Crippen LogP contribution < -0.4 is 0 Å². The van der Waals surface area contributed by atoms with Gasteiger partial charge in [-0.1, -0.05) is 22.0 Å². The Bertz CT molecular complexity index is 330. The number of hydrogen-bond donors (Lipinski definition) is 1. The van der Waals surface area contributed by atoms with Crippen LogP contribution >= 0.6 is 15.9 Å². The monoisotopic (exact) mass is 239 g/mol. The third kappa shape index (κ3) is 2.83. The zero-order valence-corrected chi connectivity index (χ0v) is 8.71. The molecule has 0 bridgehead atoms. The quantitative estimate of drug-likeness (QED) is 0.881. The minimum atomic E-state index is 0.0358. The van der Waals surface area contributed by atoms with Crippen LogP contribution in [0.4, 0.5) is 0 Å².